The second kappa shape index (κ2) is 11.6. The predicted octanol–water partition coefficient (Wildman–Crippen LogP) is 4.23. The molecule has 6 rings (SSSR count). The van der Waals surface area contributed by atoms with Crippen molar-refractivity contribution in [1.29, 1.82) is 0 Å². The molecule has 2 aliphatic heterocycles. The summed E-state index contributed by atoms with van der Waals surface area (Å²) in [6.07, 6.45) is 6.36. The monoisotopic (exact) mass is 606 g/mol. The van der Waals surface area contributed by atoms with E-state index in [4.69, 9.17) is 25.7 Å². The number of hydrogen-bond donors (Lipinski definition) is 3. The van der Waals surface area contributed by atoms with Crippen LogP contribution >= 0.6 is 0 Å². The molecule has 5 N–H and O–H groups in total. The number of fused-ring (bicyclic) bond motifs is 2. The van der Waals surface area contributed by atoms with Crippen LogP contribution in [0.15, 0.2) is 30.9 Å². The number of nitrogens with zero attached hydrogens (tertiary/aromatic N) is 5. The lowest BCUT2D eigenvalue weighted by molar-refractivity contribution is -0.198. The quantitative estimate of drug-likeness (QED) is 0.286. The Kier molecular flexibility index (Phi) is 8.06. The normalized spacial score (nSPS) is 27.9. The SMILES string of the molecule is CCC(C)(C)c1ccc(NC(=O)CCC2CC(N(C)C[C@H]3O[C@@H](n4cnc5c(N)ncnc54)[C@@H]4OC(C)(C)O[C@@H]43)C2)c(N)c1. The number of nitrogens with two attached hydrogens (primary N) is 2. The summed E-state index contributed by atoms with van der Waals surface area (Å²) in [5, 5.41) is 3.01. The summed E-state index contributed by atoms with van der Waals surface area (Å²) in [7, 11) is 2.13. The van der Waals surface area contributed by atoms with Gasteiger partial charge in [0.2, 0.25) is 5.91 Å². The Morgan fingerprint density at radius 3 is 2.64 bits per heavy atom. The molecule has 12 nitrogen and oxygen atoms in total. The first-order chi connectivity index (χ1) is 20.8. The number of imidazole rings is 1. The van der Waals surface area contributed by atoms with Crippen LogP contribution in [0.1, 0.15) is 78.5 Å². The molecule has 2 aromatic heterocycles. The molecule has 1 saturated carbocycles. The van der Waals surface area contributed by atoms with Gasteiger partial charge in [-0.15, -0.1) is 0 Å². The molecule has 0 spiro atoms. The van der Waals surface area contributed by atoms with Crippen molar-refractivity contribution in [3.63, 3.8) is 0 Å². The summed E-state index contributed by atoms with van der Waals surface area (Å²) < 4.78 is 21.1. The van der Waals surface area contributed by atoms with E-state index >= 15 is 0 Å². The summed E-state index contributed by atoms with van der Waals surface area (Å²) in [6, 6.07) is 6.39. The van der Waals surface area contributed by atoms with Crippen LogP contribution < -0.4 is 16.8 Å². The van der Waals surface area contributed by atoms with Crippen LogP contribution in [0.2, 0.25) is 0 Å². The van der Waals surface area contributed by atoms with Gasteiger partial charge in [0.1, 0.15) is 30.2 Å². The van der Waals surface area contributed by atoms with Crippen LogP contribution in [0.3, 0.4) is 0 Å². The van der Waals surface area contributed by atoms with Crippen molar-refractivity contribution in [2.45, 2.75) is 109 Å². The standard InChI is InChI=1S/C32H46N8O4/c1-7-31(2,3)19-9-10-22(21(33)14-19)38-24(41)11-8-18-12-20(13-18)39(6)15-23-26-27(44-32(4,5)43-26)30(42-23)40-17-37-25-28(34)35-16-36-29(25)40/h9-10,14,16-18,20,23,26-27,30H,7-8,11-13,15,33H2,1-6H3,(H,38,41)(H2,34,35,36)/t18?,20?,23-,26-,27-,30-/m1/s1. The number of aromatic nitrogens is 4. The molecule has 12 heteroatoms. The van der Waals surface area contributed by atoms with E-state index in [9.17, 15) is 4.79 Å². The molecule has 238 valence electrons. The molecule has 1 aliphatic carbocycles. The van der Waals surface area contributed by atoms with E-state index in [0.29, 0.717) is 53.3 Å². The number of ether oxygens (including phenoxy) is 3. The largest absolute Gasteiger partial charge is 0.397 e. The molecule has 2 saturated heterocycles. The molecular formula is C32H46N8O4. The van der Waals surface area contributed by atoms with Crippen molar-refractivity contribution in [2.24, 2.45) is 5.92 Å². The Labute approximate surface area is 258 Å². The molecule has 0 bridgehead atoms. The predicted molar refractivity (Wildman–Crippen MR) is 169 cm³/mol. The number of carbonyl (C=O) groups excluding carboxylic acids is 1. The number of nitrogen functional groups attached to an aromatic ring is 2. The molecule has 3 aromatic rings. The highest BCUT2D eigenvalue weighted by molar-refractivity contribution is 5.93. The van der Waals surface area contributed by atoms with Gasteiger partial charge in [-0.05, 0) is 75.6 Å². The van der Waals surface area contributed by atoms with E-state index < -0.39 is 12.0 Å². The molecule has 44 heavy (non-hydrogen) atoms. The maximum atomic E-state index is 12.7. The summed E-state index contributed by atoms with van der Waals surface area (Å²) >= 11 is 0. The molecule has 4 atom stereocenters. The van der Waals surface area contributed by atoms with Crippen molar-refractivity contribution >= 4 is 34.3 Å². The molecule has 3 aliphatic rings. The number of likely N-dealkylation sites (N-methyl/N-ethyl adjacent to an activating group) is 1. The second-order valence-electron chi connectivity index (χ2n) is 13.8. The maximum Gasteiger partial charge on any atom is 0.224 e. The van der Waals surface area contributed by atoms with Gasteiger partial charge in [-0.3, -0.25) is 9.36 Å². The zero-order valence-electron chi connectivity index (χ0n) is 26.6. The van der Waals surface area contributed by atoms with Crippen molar-refractivity contribution in [3.05, 3.63) is 36.4 Å². The van der Waals surface area contributed by atoms with Crippen LogP contribution in [0, 0.1) is 5.92 Å². The molecule has 0 unspecified atom stereocenters. The highest BCUT2D eigenvalue weighted by Crippen LogP contribution is 2.45. The van der Waals surface area contributed by atoms with Crippen molar-refractivity contribution in [1.82, 2.24) is 24.4 Å². The van der Waals surface area contributed by atoms with Crippen LogP contribution in [-0.4, -0.2) is 74.1 Å². The Morgan fingerprint density at radius 2 is 1.91 bits per heavy atom. The third-order valence-corrected chi connectivity index (χ3v) is 9.86. The minimum absolute atomic E-state index is 0.00694. The number of nitrogens with one attached hydrogen (secondary N) is 1. The van der Waals surface area contributed by atoms with Crippen LogP contribution in [0.5, 0.6) is 0 Å². The summed E-state index contributed by atoms with van der Waals surface area (Å²) in [4.78, 5) is 28.0. The summed E-state index contributed by atoms with van der Waals surface area (Å²) in [5.41, 5.74) is 16.0. The van der Waals surface area contributed by atoms with Crippen molar-refractivity contribution in [2.75, 3.05) is 30.4 Å². The summed E-state index contributed by atoms with van der Waals surface area (Å²) in [6.45, 7) is 11.1. The van der Waals surface area contributed by atoms with Crippen molar-refractivity contribution in [3.8, 4) is 0 Å². The Hall–Kier alpha value is -3.32. The lowest BCUT2D eigenvalue weighted by atomic mass is 9.76. The van der Waals surface area contributed by atoms with E-state index in [1.807, 2.05) is 30.5 Å². The zero-order chi connectivity index (χ0) is 31.4. The fourth-order valence-corrected chi connectivity index (χ4v) is 6.66. The molecule has 3 fully saturated rings. The topological polar surface area (TPSA) is 156 Å². The maximum absolute atomic E-state index is 12.7. The van der Waals surface area contributed by atoms with Gasteiger partial charge >= 0.3 is 0 Å². The van der Waals surface area contributed by atoms with Gasteiger partial charge < -0.3 is 35.9 Å². The number of anilines is 3. The third kappa shape index (κ3) is 5.88. The molecule has 4 heterocycles. The number of rotatable bonds is 10. The van der Waals surface area contributed by atoms with Gasteiger partial charge in [-0.1, -0.05) is 26.8 Å². The fourth-order valence-electron chi connectivity index (χ4n) is 6.66. The highest BCUT2D eigenvalue weighted by Gasteiger charge is 2.56. The Bertz CT molecular complexity index is 1520. The highest BCUT2D eigenvalue weighted by atomic mass is 16.8. The summed E-state index contributed by atoms with van der Waals surface area (Å²) in [5.74, 6) is 0.123. The lowest BCUT2D eigenvalue weighted by Gasteiger charge is -2.42. The molecule has 1 amide bonds. The number of hydrogen-bond acceptors (Lipinski definition) is 10. The number of carbonyl (C=O) groups is 1. The Morgan fingerprint density at radius 1 is 1.16 bits per heavy atom. The van der Waals surface area contributed by atoms with Crippen LogP contribution in [-0.2, 0) is 24.4 Å². The van der Waals surface area contributed by atoms with E-state index in [0.717, 1.165) is 25.7 Å². The van der Waals surface area contributed by atoms with Gasteiger partial charge in [0.25, 0.3) is 0 Å². The second-order valence-corrected chi connectivity index (χ2v) is 13.8. The molecule has 1 aromatic carbocycles. The van der Waals surface area contributed by atoms with E-state index in [2.05, 4.69) is 59.1 Å². The number of amides is 1. The molecule has 0 radical (unpaired) electrons. The number of benzene rings is 1. The lowest BCUT2D eigenvalue weighted by Crippen LogP contribution is -2.48. The Balaban J connectivity index is 1.01. The first kappa shape index (κ1) is 30.7. The zero-order valence-corrected chi connectivity index (χ0v) is 26.6. The average Bonchev–Trinajstić information content (AvgIpc) is 3.60. The first-order valence-electron chi connectivity index (χ1n) is 15.7. The smallest absolute Gasteiger partial charge is 0.224 e. The van der Waals surface area contributed by atoms with Gasteiger partial charge in [0.15, 0.2) is 23.5 Å². The molecular weight excluding hydrogens is 560 g/mol. The fraction of sp³-hybridized carbons (Fsp3) is 0.625. The third-order valence-electron chi connectivity index (χ3n) is 9.86. The van der Waals surface area contributed by atoms with E-state index in [1.165, 1.54) is 11.9 Å². The van der Waals surface area contributed by atoms with E-state index in [-0.39, 0.29) is 29.6 Å². The van der Waals surface area contributed by atoms with Gasteiger partial charge in [0.05, 0.1) is 17.7 Å². The van der Waals surface area contributed by atoms with Gasteiger partial charge in [-0.25, -0.2) is 15.0 Å². The first-order valence-corrected chi connectivity index (χ1v) is 15.7. The van der Waals surface area contributed by atoms with E-state index in [1.54, 1.807) is 6.33 Å². The van der Waals surface area contributed by atoms with Gasteiger partial charge in [0, 0.05) is 19.0 Å². The minimum Gasteiger partial charge on any atom is -0.397 e. The van der Waals surface area contributed by atoms with Crippen LogP contribution in [0.25, 0.3) is 11.2 Å². The van der Waals surface area contributed by atoms with Crippen LogP contribution in [0.4, 0.5) is 17.2 Å². The minimum atomic E-state index is -0.723. The van der Waals surface area contributed by atoms with Crippen molar-refractivity contribution < 1.29 is 19.0 Å². The van der Waals surface area contributed by atoms with Gasteiger partial charge in [-0.2, -0.15) is 0 Å². The average molecular weight is 607 g/mol.